The Kier molecular flexibility index (Phi) is 3.29. The molecule has 19 heavy (non-hydrogen) atoms. The van der Waals surface area contributed by atoms with Crippen LogP contribution < -0.4 is 10.5 Å². The van der Waals surface area contributed by atoms with Gasteiger partial charge >= 0.3 is 0 Å². The molecule has 0 fully saturated rings. The van der Waals surface area contributed by atoms with Crippen LogP contribution in [0.25, 0.3) is 6.08 Å². The lowest BCUT2D eigenvalue weighted by molar-refractivity contribution is 0.345. The van der Waals surface area contributed by atoms with Crippen molar-refractivity contribution >= 4 is 6.08 Å². The average Bonchev–Trinajstić information content (AvgIpc) is 2.47. The summed E-state index contributed by atoms with van der Waals surface area (Å²) in [7, 11) is 0. The van der Waals surface area contributed by atoms with Crippen molar-refractivity contribution in [2.75, 3.05) is 13.2 Å². The first-order chi connectivity index (χ1) is 9.35. The summed E-state index contributed by atoms with van der Waals surface area (Å²) in [6, 6.07) is 10.3. The molecule has 1 aliphatic heterocycles. The van der Waals surface area contributed by atoms with Gasteiger partial charge in [0, 0.05) is 24.5 Å². The Morgan fingerprint density at radius 2 is 2.16 bits per heavy atom. The van der Waals surface area contributed by atoms with E-state index < -0.39 is 0 Å². The SMILES string of the molecule is NCC1=Cc2cc(Cc3cccnc3)ccc2OC1. The molecule has 0 saturated heterocycles. The molecule has 0 radical (unpaired) electrons. The first-order valence-electron chi connectivity index (χ1n) is 6.39. The van der Waals surface area contributed by atoms with Crippen LogP contribution in [0.4, 0.5) is 0 Å². The average molecular weight is 252 g/mol. The largest absolute Gasteiger partial charge is 0.489 e. The van der Waals surface area contributed by atoms with Crippen molar-refractivity contribution in [3.63, 3.8) is 0 Å². The third-order valence-corrected chi connectivity index (χ3v) is 3.24. The molecule has 1 aliphatic rings. The number of pyridine rings is 1. The quantitative estimate of drug-likeness (QED) is 0.912. The summed E-state index contributed by atoms with van der Waals surface area (Å²) >= 11 is 0. The van der Waals surface area contributed by atoms with Gasteiger partial charge in [0.25, 0.3) is 0 Å². The zero-order valence-corrected chi connectivity index (χ0v) is 10.7. The molecule has 3 rings (SSSR count). The molecule has 2 heterocycles. The van der Waals surface area contributed by atoms with E-state index in [9.17, 15) is 0 Å². The highest BCUT2D eigenvalue weighted by molar-refractivity contribution is 5.63. The Bertz CT molecular complexity index is 605. The van der Waals surface area contributed by atoms with Crippen molar-refractivity contribution in [1.82, 2.24) is 4.98 Å². The van der Waals surface area contributed by atoms with E-state index >= 15 is 0 Å². The van der Waals surface area contributed by atoms with Crippen LogP contribution in [0.15, 0.2) is 48.3 Å². The lowest BCUT2D eigenvalue weighted by Crippen LogP contribution is -2.14. The van der Waals surface area contributed by atoms with Gasteiger partial charge in [-0.2, -0.15) is 0 Å². The molecule has 96 valence electrons. The summed E-state index contributed by atoms with van der Waals surface area (Å²) in [5, 5.41) is 0. The molecule has 0 unspecified atom stereocenters. The van der Waals surface area contributed by atoms with Gasteiger partial charge in [-0.25, -0.2) is 0 Å². The zero-order valence-electron chi connectivity index (χ0n) is 10.7. The van der Waals surface area contributed by atoms with Gasteiger partial charge in [-0.3, -0.25) is 4.98 Å². The molecule has 3 nitrogen and oxygen atoms in total. The third kappa shape index (κ3) is 2.66. The van der Waals surface area contributed by atoms with E-state index in [4.69, 9.17) is 10.5 Å². The summed E-state index contributed by atoms with van der Waals surface area (Å²) in [5.74, 6) is 0.937. The maximum absolute atomic E-state index is 5.67. The van der Waals surface area contributed by atoms with Gasteiger partial charge < -0.3 is 10.5 Å². The van der Waals surface area contributed by atoms with E-state index in [1.54, 1.807) is 6.20 Å². The molecule has 0 aliphatic carbocycles. The monoisotopic (exact) mass is 252 g/mol. The fourth-order valence-electron chi connectivity index (χ4n) is 2.24. The highest BCUT2D eigenvalue weighted by Crippen LogP contribution is 2.27. The smallest absolute Gasteiger partial charge is 0.127 e. The van der Waals surface area contributed by atoms with Crippen LogP contribution in [-0.4, -0.2) is 18.1 Å². The van der Waals surface area contributed by atoms with Crippen LogP contribution >= 0.6 is 0 Å². The van der Waals surface area contributed by atoms with Crippen molar-refractivity contribution in [1.29, 1.82) is 0 Å². The van der Waals surface area contributed by atoms with Crippen molar-refractivity contribution in [2.45, 2.75) is 6.42 Å². The number of nitrogens with zero attached hydrogens (tertiary/aromatic N) is 1. The topological polar surface area (TPSA) is 48.1 Å². The molecular weight excluding hydrogens is 236 g/mol. The molecule has 2 N–H and O–H groups in total. The minimum absolute atomic E-state index is 0.548. The highest BCUT2D eigenvalue weighted by atomic mass is 16.5. The van der Waals surface area contributed by atoms with Crippen LogP contribution in [0.5, 0.6) is 5.75 Å². The first-order valence-corrected chi connectivity index (χ1v) is 6.39. The molecule has 1 aromatic heterocycles. The summed E-state index contributed by atoms with van der Waals surface area (Å²) in [5.41, 5.74) is 10.4. The Labute approximate surface area is 112 Å². The van der Waals surface area contributed by atoms with Crippen molar-refractivity contribution < 1.29 is 4.74 Å². The lowest BCUT2D eigenvalue weighted by Gasteiger charge is -2.17. The standard InChI is InChI=1S/C16H16N2O/c17-9-14-8-15-7-12(3-4-16(15)19-11-14)6-13-2-1-5-18-10-13/h1-5,7-8,10H,6,9,11,17H2. The lowest BCUT2D eigenvalue weighted by atomic mass is 10.0. The normalized spacial score (nSPS) is 13.4. The van der Waals surface area contributed by atoms with Crippen LogP contribution in [0, 0.1) is 0 Å². The van der Waals surface area contributed by atoms with E-state index in [2.05, 4.69) is 29.3 Å². The van der Waals surface area contributed by atoms with Crippen LogP contribution in [0.2, 0.25) is 0 Å². The molecule has 0 spiro atoms. The van der Waals surface area contributed by atoms with Crippen LogP contribution in [0.1, 0.15) is 16.7 Å². The Morgan fingerprint density at radius 3 is 2.95 bits per heavy atom. The molecule has 0 bridgehead atoms. The van der Waals surface area contributed by atoms with E-state index in [0.717, 1.165) is 23.3 Å². The van der Waals surface area contributed by atoms with E-state index in [1.807, 2.05) is 18.3 Å². The second kappa shape index (κ2) is 5.24. The number of hydrogen-bond acceptors (Lipinski definition) is 3. The number of benzene rings is 1. The van der Waals surface area contributed by atoms with Crippen molar-refractivity contribution in [3.8, 4) is 5.75 Å². The zero-order chi connectivity index (χ0) is 13.1. The molecular formula is C16H16N2O. The Balaban J connectivity index is 1.88. The Morgan fingerprint density at radius 1 is 1.21 bits per heavy atom. The van der Waals surface area contributed by atoms with Crippen LogP contribution in [0.3, 0.4) is 0 Å². The van der Waals surface area contributed by atoms with Gasteiger partial charge in [-0.05, 0) is 47.4 Å². The molecule has 2 aromatic rings. The van der Waals surface area contributed by atoms with Gasteiger partial charge in [-0.15, -0.1) is 0 Å². The van der Waals surface area contributed by atoms with E-state index in [1.165, 1.54) is 11.1 Å². The predicted octanol–water partition coefficient (Wildman–Crippen LogP) is 2.41. The van der Waals surface area contributed by atoms with E-state index in [0.29, 0.717) is 13.2 Å². The van der Waals surface area contributed by atoms with Gasteiger partial charge in [-0.1, -0.05) is 12.1 Å². The van der Waals surface area contributed by atoms with Crippen molar-refractivity contribution in [2.24, 2.45) is 5.73 Å². The van der Waals surface area contributed by atoms with Crippen LogP contribution in [-0.2, 0) is 6.42 Å². The number of nitrogens with two attached hydrogens (primary N) is 1. The summed E-state index contributed by atoms with van der Waals surface area (Å²) < 4.78 is 5.67. The number of aromatic nitrogens is 1. The molecule has 1 aromatic carbocycles. The fourth-order valence-corrected chi connectivity index (χ4v) is 2.24. The second-order valence-electron chi connectivity index (χ2n) is 4.71. The van der Waals surface area contributed by atoms with Crippen molar-refractivity contribution in [3.05, 3.63) is 65.0 Å². The minimum atomic E-state index is 0.548. The van der Waals surface area contributed by atoms with Gasteiger partial charge in [0.1, 0.15) is 12.4 Å². The summed E-state index contributed by atoms with van der Waals surface area (Å²) in [4.78, 5) is 4.14. The van der Waals surface area contributed by atoms with Gasteiger partial charge in [0.2, 0.25) is 0 Å². The third-order valence-electron chi connectivity index (χ3n) is 3.24. The highest BCUT2D eigenvalue weighted by Gasteiger charge is 2.11. The first kappa shape index (κ1) is 11.9. The minimum Gasteiger partial charge on any atom is -0.489 e. The fraction of sp³-hybridized carbons (Fsp3) is 0.188. The summed E-state index contributed by atoms with van der Waals surface area (Å²) in [6.07, 6.45) is 6.70. The maximum Gasteiger partial charge on any atom is 0.127 e. The predicted molar refractivity (Wildman–Crippen MR) is 76.0 cm³/mol. The number of hydrogen-bond donors (Lipinski definition) is 1. The second-order valence-corrected chi connectivity index (χ2v) is 4.71. The molecule has 0 amide bonds. The van der Waals surface area contributed by atoms with E-state index in [-0.39, 0.29) is 0 Å². The molecule has 0 atom stereocenters. The number of rotatable bonds is 3. The molecule has 3 heteroatoms. The van der Waals surface area contributed by atoms with Gasteiger partial charge in [0.15, 0.2) is 0 Å². The Hall–Kier alpha value is -2.13. The number of fused-ring (bicyclic) bond motifs is 1. The molecule has 0 saturated carbocycles. The maximum atomic E-state index is 5.67. The van der Waals surface area contributed by atoms with Gasteiger partial charge in [0.05, 0.1) is 0 Å². The summed E-state index contributed by atoms with van der Waals surface area (Å²) in [6.45, 7) is 1.15. The number of ether oxygens (including phenoxy) is 1.